The fourth-order valence-corrected chi connectivity index (χ4v) is 2.80. The Morgan fingerprint density at radius 2 is 1.87 bits per heavy atom. The first-order valence-corrected chi connectivity index (χ1v) is 9.85. The van der Waals surface area contributed by atoms with Crippen LogP contribution in [0.3, 0.4) is 0 Å². The summed E-state index contributed by atoms with van der Waals surface area (Å²) in [5, 5.41) is 14.6. The topological polar surface area (TPSA) is 107 Å². The number of furan rings is 1. The molecule has 0 aliphatic heterocycles. The number of ether oxygens (including phenoxy) is 1. The van der Waals surface area contributed by atoms with Gasteiger partial charge in [-0.3, -0.25) is 14.9 Å². The molecule has 1 atom stereocenters. The molecule has 0 bridgehead atoms. The minimum absolute atomic E-state index is 0.00786. The maximum Gasteiger partial charge on any atom is 0.277 e. The number of benzene rings is 2. The van der Waals surface area contributed by atoms with Gasteiger partial charge in [-0.1, -0.05) is 26.0 Å². The Balaban J connectivity index is 1.48. The molecule has 0 aliphatic carbocycles. The summed E-state index contributed by atoms with van der Waals surface area (Å²) in [6, 6.07) is 17.1. The van der Waals surface area contributed by atoms with Crippen molar-refractivity contribution >= 4 is 17.8 Å². The van der Waals surface area contributed by atoms with Gasteiger partial charge in [0.05, 0.1) is 11.1 Å². The number of nitro benzene ring substituents is 1. The van der Waals surface area contributed by atoms with Crippen LogP contribution in [0.1, 0.15) is 37.5 Å². The van der Waals surface area contributed by atoms with E-state index in [0.29, 0.717) is 28.8 Å². The third-order valence-electron chi connectivity index (χ3n) is 4.80. The van der Waals surface area contributed by atoms with Crippen LogP contribution in [0, 0.1) is 10.1 Å². The van der Waals surface area contributed by atoms with Gasteiger partial charge in [0.1, 0.15) is 17.3 Å². The average molecular weight is 421 g/mol. The highest BCUT2D eigenvalue weighted by atomic mass is 16.6. The predicted molar refractivity (Wildman–Crippen MR) is 117 cm³/mol. The van der Waals surface area contributed by atoms with Gasteiger partial charge in [0, 0.05) is 17.7 Å². The van der Waals surface area contributed by atoms with Crippen molar-refractivity contribution in [3.8, 4) is 17.1 Å². The van der Waals surface area contributed by atoms with E-state index in [1.807, 2.05) is 24.3 Å². The molecule has 160 valence electrons. The zero-order valence-corrected chi connectivity index (χ0v) is 17.3. The molecule has 0 unspecified atom stereocenters. The van der Waals surface area contributed by atoms with Crippen molar-refractivity contribution in [1.29, 1.82) is 0 Å². The van der Waals surface area contributed by atoms with Crippen LogP contribution in [-0.4, -0.2) is 23.7 Å². The maximum absolute atomic E-state index is 11.9. The molecule has 0 saturated heterocycles. The van der Waals surface area contributed by atoms with Gasteiger partial charge in [0.25, 0.3) is 11.6 Å². The number of non-ortho nitro benzene ring substituents is 1. The Labute approximate surface area is 179 Å². The number of hydrogen-bond donors (Lipinski definition) is 1. The molecule has 0 radical (unpaired) electrons. The minimum atomic E-state index is -0.460. The molecule has 1 aromatic heterocycles. The first-order chi connectivity index (χ1) is 15.0. The van der Waals surface area contributed by atoms with Gasteiger partial charge < -0.3 is 9.15 Å². The molecule has 2 aromatic carbocycles. The number of hydrazone groups is 1. The van der Waals surface area contributed by atoms with Crippen LogP contribution in [-0.2, 0) is 4.79 Å². The highest BCUT2D eigenvalue weighted by Crippen LogP contribution is 2.24. The zero-order chi connectivity index (χ0) is 22.2. The molecule has 0 aliphatic rings. The summed E-state index contributed by atoms with van der Waals surface area (Å²) in [5.41, 5.74) is 4.32. The van der Waals surface area contributed by atoms with E-state index in [2.05, 4.69) is 24.4 Å². The number of carbonyl (C=O) groups is 1. The zero-order valence-electron chi connectivity index (χ0n) is 17.3. The van der Waals surface area contributed by atoms with Gasteiger partial charge in [-0.15, -0.1) is 0 Å². The van der Waals surface area contributed by atoms with E-state index < -0.39 is 10.8 Å². The molecule has 1 heterocycles. The number of nitro groups is 1. The Bertz CT molecular complexity index is 1060. The number of hydrogen-bond acceptors (Lipinski definition) is 6. The van der Waals surface area contributed by atoms with E-state index in [0.717, 1.165) is 6.42 Å². The third kappa shape index (κ3) is 6.02. The minimum Gasteiger partial charge on any atom is -0.484 e. The summed E-state index contributed by atoms with van der Waals surface area (Å²) in [6.07, 6.45) is 2.43. The second-order valence-electron chi connectivity index (χ2n) is 6.97. The molecular weight excluding hydrogens is 398 g/mol. The molecule has 8 heteroatoms. The first-order valence-electron chi connectivity index (χ1n) is 9.85. The van der Waals surface area contributed by atoms with Crippen LogP contribution in [0.4, 0.5) is 5.69 Å². The molecule has 3 aromatic rings. The van der Waals surface area contributed by atoms with Gasteiger partial charge in [-0.05, 0) is 54.3 Å². The highest BCUT2D eigenvalue weighted by molar-refractivity contribution is 5.81. The van der Waals surface area contributed by atoms with Crippen LogP contribution in [0.15, 0.2) is 70.2 Å². The normalized spacial score (nSPS) is 11.9. The van der Waals surface area contributed by atoms with Crippen molar-refractivity contribution in [2.45, 2.75) is 26.2 Å². The Morgan fingerprint density at radius 3 is 2.52 bits per heavy atom. The Hall–Kier alpha value is -3.94. The third-order valence-corrected chi connectivity index (χ3v) is 4.80. The smallest absolute Gasteiger partial charge is 0.277 e. The lowest BCUT2D eigenvalue weighted by atomic mass is 9.99. The van der Waals surface area contributed by atoms with E-state index in [4.69, 9.17) is 9.15 Å². The van der Waals surface area contributed by atoms with Crippen molar-refractivity contribution < 1.29 is 18.9 Å². The van der Waals surface area contributed by atoms with Crippen molar-refractivity contribution in [2.24, 2.45) is 5.10 Å². The quantitative estimate of drug-likeness (QED) is 0.300. The molecule has 1 amide bonds. The second-order valence-corrected chi connectivity index (χ2v) is 6.97. The van der Waals surface area contributed by atoms with Gasteiger partial charge >= 0.3 is 0 Å². The molecule has 0 saturated carbocycles. The van der Waals surface area contributed by atoms with Crippen LogP contribution < -0.4 is 10.2 Å². The number of carbonyl (C=O) groups excluding carboxylic acids is 1. The van der Waals surface area contributed by atoms with E-state index in [9.17, 15) is 14.9 Å². The lowest BCUT2D eigenvalue weighted by Crippen LogP contribution is -2.24. The van der Waals surface area contributed by atoms with Gasteiger partial charge in [-0.25, -0.2) is 5.43 Å². The maximum atomic E-state index is 11.9. The fraction of sp³-hybridized carbons (Fsp3) is 0.217. The summed E-state index contributed by atoms with van der Waals surface area (Å²) in [7, 11) is 0. The van der Waals surface area contributed by atoms with Crippen molar-refractivity contribution in [3.63, 3.8) is 0 Å². The standard InChI is InChI=1S/C23H23N3O5/c1-3-16(2)17-6-10-20(11-7-17)30-15-23(27)25-24-14-21-12-13-22(31-21)18-4-8-19(9-5-18)26(28)29/h4-14,16H,3,15H2,1-2H3,(H,25,27)/b24-14-/t16-/m0/s1. The number of nitrogens with zero attached hydrogens (tertiary/aromatic N) is 2. The summed E-state index contributed by atoms with van der Waals surface area (Å²) in [6.45, 7) is 4.14. The number of amides is 1. The fourth-order valence-electron chi connectivity index (χ4n) is 2.80. The van der Waals surface area contributed by atoms with E-state index in [1.165, 1.54) is 23.9 Å². The highest BCUT2D eigenvalue weighted by Gasteiger charge is 2.08. The molecule has 0 spiro atoms. The lowest BCUT2D eigenvalue weighted by Gasteiger charge is -2.10. The van der Waals surface area contributed by atoms with E-state index >= 15 is 0 Å². The largest absolute Gasteiger partial charge is 0.484 e. The summed E-state index contributed by atoms with van der Waals surface area (Å²) < 4.78 is 11.1. The van der Waals surface area contributed by atoms with Crippen molar-refractivity contribution in [3.05, 3.63) is 82.1 Å². The second kappa shape index (κ2) is 10.2. The van der Waals surface area contributed by atoms with E-state index in [1.54, 1.807) is 24.3 Å². The van der Waals surface area contributed by atoms with Gasteiger partial charge in [0.15, 0.2) is 6.61 Å². The molecule has 31 heavy (non-hydrogen) atoms. The average Bonchev–Trinajstić information content (AvgIpc) is 3.26. The number of rotatable bonds is 9. The predicted octanol–water partition coefficient (Wildman–Crippen LogP) is 4.90. The molecule has 3 rings (SSSR count). The number of nitrogens with one attached hydrogen (secondary N) is 1. The van der Waals surface area contributed by atoms with Crippen molar-refractivity contribution in [2.75, 3.05) is 6.61 Å². The monoisotopic (exact) mass is 421 g/mol. The summed E-state index contributed by atoms with van der Waals surface area (Å²) in [5.74, 6) is 1.66. The SMILES string of the molecule is CC[C@H](C)c1ccc(OCC(=O)N/N=C\c2ccc(-c3ccc([N+](=O)[O-])cc3)o2)cc1. The van der Waals surface area contributed by atoms with Crippen LogP contribution >= 0.6 is 0 Å². The van der Waals surface area contributed by atoms with Crippen LogP contribution in [0.2, 0.25) is 0 Å². The molecule has 0 fully saturated rings. The first kappa shape index (κ1) is 21.8. The Morgan fingerprint density at radius 1 is 1.16 bits per heavy atom. The molecule has 1 N–H and O–H groups in total. The van der Waals surface area contributed by atoms with Crippen molar-refractivity contribution in [1.82, 2.24) is 5.43 Å². The van der Waals surface area contributed by atoms with E-state index in [-0.39, 0.29) is 12.3 Å². The Kier molecular flexibility index (Phi) is 7.16. The molecule has 8 nitrogen and oxygen atoms in total. The van der Waals surface area contributed by atoms with Gasteiger partial charge in [0.2, 0.25) is 0 Å². The van der Waals surface area contributed by atoms with Crippen LogP contribution in [0.5, 0.6) is 5.75 Å². The van der Waals surface area contributed by atoms with Crippen LogP contribution in [0.25, 0.3) is 11.3 Å². The summed E-state index contributed by atoms with van der Waals surface area (Å²) in [4.78, 5) is 22.2. The molecular formula is C23H23N3O5. The summed E-state index contributed by atoms with van der Waals surface area (Å²) >= 11 is 0. The lowest BCUT2D eigenvalue weighted by molar-refractivity contribution is -0.384. The van der Waals surface area contributed by atoms with Gasteiger partial charge in [-0.2, -0.15) is 5.10 Å².